The van der Waals surface area contributed by atoms with E-state index >= 15 is 0 Å². The maximum absolute atomic E-state index is 5.72. The fourth-order valence-corrected chi connectivity index (χ4v) is 4.92. The summed E-state index contributed by atoms with van der Waals surface area (Å²) in [4.78, 5) is 0. The largest absolute Gasteiger partial charge is 0.497 e. The molecule has 0 saturated heterocycles. The average Bonchev–Trinajstić information content (AvgIpc) is 2.63. The molecule has 23 heavy (non-hydrogen) atoms. The predicted octanol–water partition coefficient (Wildman–Crippen LogP) is 6.53. The Bertz CT molecular complexity index is 491. The molecular formula is C21H29ClO. The highest BCUT2D eigenvalue weighted by Crippen LogP contribution is 2.44. The van der Waals surface area contributed by atoms with Gasteiger partial charge < -0.3 is 4.74 Å². The van der Waals surface area contributed by atoms with E-state index in [1.807, 2.05) is 0 Å². The van der Waals surface area contributed by atoms with E-state index in [1.165, 1.54) is 56.9 Å². The third-order valence-electron chi connectivity index (χ3n) is 6.19. The van der Waals surface area contributed by atoms with Gasteiger partial charge in [-0.2, -0.15) is 0 Å². The Morgan fingerprint density at radius 2 is 1.43 bits per heavy atom. The van der Waals surface area contributed by atoms with Crippen molar-refractivity contribution >= 4 is 11.6 Å². The molecule has 0 atom stereocenters. The maximum atomic E-state index is 5.72. The van der Waals surface area contributed by atoms with Crippen LogP contribution in [0.2, 0.25) is 0 Å². The van der Waals surface area contributed by atoms with Crippen LogP contribution in [0.15, 0.2) is 35.9 Å². The number of allylic oxidation sites excluding steroid dienone is 1. The molecule has 0 radical (unpaired) electrons. The molecule has 1 nitrogen and oxygen atoms in total. The molecule has 0 N–H and O–H groups in total. The molecule has 2 heteroatoms. The Kier molecular flexibility index (Phi) is 6.05. The zero-order valence-electron chi connectivity index (χ0n) is 14.2. The molecule has 2 aliphatic rings. The quantitative estimate of drug-likeness (QED) is 0.609. The summed E-state index contributed by atoms with van der Waals surface area (Å²) in [6.07, 6.45) is 13.2. The van der Waals surface area contributed by atoms with Crippen LogP contribution in [-0.2, 0) is 0 Å². The SMILES string of the molecule is COc1ccc(C2CCC([C@H]3CC[C@H](/C=C/Cl)CC3)CC2)cc1. The van der Waals surface area contributed by atoms with Crippen molar-refractivity contribution in [2.45, 2.75) is 57.3 Å². The van der Waals surface area contributed by atoms with E-state index in [4.69, 9.17) is 16.3 Å². The summed E-state index contributed by atoms with van der Waals surface area (Å²) in [6.45, 7) is 0. The summed E-state index contributed by atoms with van der Waals surface area (Å²) in [5.41, 5.74) is 3.21. The van der Waals surface area contributed by atoms with Crippen molar-refractivity contribution < 1.29 is 4.74 Å². The van der Waals surface area contributed by atoms with Gasteiger partial charge in [-0.1, -0.05) is 29.8 Å². The van der Waals surface area contributed by atoms with Gasteiger partial charge in [-0.15, -0.1) is 0 Å². The standard InChI is InChI=1S/C21H29ClO/c1-23-21-12-10-20(11-13-21)19-8-6-18(7-9-19)17-4-2-16(3-5-17)14-15-22/h10-19H,2-9H2,1H3/b15-14+/t16-,17-,18?,19?. The van der Waals surface area contributed by atoms with E-state index in [0.717, 1.165) is 29.4 Å². The number of rotatable bonds is 4. The second-order valence-corrected chi connectivity index (χ2v) is 7.63. The highest BCUT2D eigenvalue weighted by molar-refractivity contribution is 6.25. The number of hydrogen-bond acceptors (Lipinski definition) is 1. The van der Waals surface area contributed by atoms with Crippen LogP contribution >= 0.6 is 11.6 Å². The predicted molar refractivity (Wildman–Crippen MR) is 98.1 cm³/mol. The molecule has 0 bridgehead atoms. The molecule has 0 heterocycles. The third kappa shape index (κ3) is 4.32. The van der Waals surface area contributed by atoms with Gasteiger partial charge in [0, 0.05) is 5.54 Å². The lowest BCUT2D eigenvalue weighted by Crippen LogP contribution is -2.25. The van der Waals surface area contributed by atoms with Crippen molar-refractivity contribution in [3.05, 3.63) is 41.4 Å². The molecule has 1 aromatic rings. The van der Waals surface area contributed by atoms with Crippen molar-refractivity contribution in [3.63, 3.8) is 0 Å². The Balaban J connectivity index is 1.48. The Morgan fingerprint density at radius 3 is 1.96 bits per heavy atom. The second-order valence-electron chi connectivity index (χ2n) is 7.38. The van der Waals surface area contributed by atoms with Gasteiger partial charge in [0.25, 0.3) is 0 Å². The summed E-state index contributed by atoms with van der Waals surface area (Å²) in [5, 5.41) is 0. The van der Waals surface area contributed by atoms with Crippen LogP contribution < -0.4 is 4.74 Å². The summed E-state index contributed by atoms with van der Waals surface area (Å²) in [5.74, 6) is 4.38. The van der Waals surface area contributed by atoms with Crippen LogP contribution in [0.25, 0.3) is 0 Å². The first-order valence-electron chi connectivity index (χ1n) is 9.21. The van der Waals surface area contributed by atoms with Gasteiger partial charge in [-0.05, 0) is 92.7 Å². The molecule has 0 aliphatic heterocycles. The summed E-state index contributed by atoms with van der Waals surface area (Å²) >= 11 is 5.72. The highest BCUT2D eigenvalue weighted by Gasteiger charge is 2.30. The van der Waals surface area contributed by atoms with Gasteiger partial charge >= 0.3 is 0 Å². The second kappa shape index (κ2) is 8.24. The molecule has 0 amide bonds. The van der Waals surface area contributed by atoms with Crippen molar-refractivity contribution in [3.8, 4) is 5.75 Å². The number of ether oxygens (including phenoxy) is 1. The van der Waals surface area contributed by atoms with Crippen LogP contribution in [0.3, 0.4) is 0 Å². The number of hydrogen-bond donors (Lipinski definition) is 0. The van der Waals surface area contributed by atoms with Crippen molar-refractivity contribution in [1.82, 2.24) is 0 Å². The van der Waals surface area contributed by atoms with Crippen molar-refractivity contribution in [2.75, 3.05) is 7.11 Å². The van der Waals surface area contributed by atoms with E-state index in [9.17, 15) is 0 Å². The van der Waals surface area contributed by atoms with E-state index in [2.05, 4.69) is 30.3 Å². The number of methoxy groups -OCH3 is 1. The fourth-order valence-electron chi connectivity index (χ4n) is 4.71. The first kappa shape index (κ1) is 16.9. The van der Waals surface area contributed by atoms with Crippen LogP contribution in [0.5, 0.6) is 5.75 Å². The van der Waals surface area contributed by atoms with Gasteiger partial charge in [-0.3, -0.25) is 0 Å². The lowest BCUT2D eigenvalue weighted by atomic mass is 9.68. The Labute approximate surface area is 146 Å². The van der Waals surface area contributed by atoms with Crippen LogP contribution in [0, 0.1) is 17.8 Å². The molecule has 0 aromatic heterocycles. The van der Waals surface area contributed by atoms with Crippen molar-refractivity contribution in [2.24, 2.45) is 17.8 Å². The van der Waals surface area contributed by atoms with Crippen LogP contribution in [0.4, 0.5) is 0 Å². The lowest BCUT2D eigenvalue weighted by Gasteiger charge is -2.37. The van der Waals surface area contributed by atoms with E-state index < -0.39 is 0 Å². The molecule has 1 aromatic carbocycles. The van der Waals surface area contributed by atoms with Crippen molar-refractivity contribution in [1.29, 1.82) is 0 Å². The minimum Gasteiger partial charge on any atom is -0.497 e. The van der Waals surface area contributed by atoms with Gasteiger partial charge in [0.05, 0.1) is 7.11 Å². The smallest absolute Gasteiger partial charge is 0.118 e. The van der Waals surface area contributed by atoms with E-state index in [-0.39, 0.29) is 0 Å². The minimum atomic E-state index is 0.736. The minimum absolute atomic E-state index is 0.736. The van der Waals surface area contributed by atoms with E-state index in [0.29, 0.717) is 0 Å². The van der Waals surface area contributed by atoms with Gasteiger partial charge in [-0.25, -0.2) is 0 Å². The first-order valence-corrected chi connectivity index (χ1v) is 9.64. The third-order valence-corrected chi connectivity index (χ3v) is 6.33. The Morgan fingerprint density at radius 1 is 0.870 bits per heavy atom. The number of halogens is 1. The molecule has 0 unspecified atom stereocenters. The van der Waals surface area contributed by atoms with Crippen LogP contribution in [-0.4, -0.2) is 7.11 Å². The summed E-state index contributed by atoms with van der Waals surface area (Å²) in [7, 11) is 1.73. The fraction of sp³-hybridized carbons (Fsp3) is 0.619. The van der Waals surface area contributed by atoms with Gasteiger partial charge in [0.1, 0.15) is 5.75 Å². The molecular weight excluding hydrogens is 304 g/mol. The summed E-state index contributed by atoms with van der Waals surface area (Å²) < 4.78 is 5.27. The zero-order valence-corrected chi connectivity index (χ0v) is 15.0. The molecule has 2 fully saturated rings. The molecule has 0 spiro atoms. The number of benzene rings is 1. The van der Waals surface area contributed by atoms with Gasteiger partial charge in [0.2, 0.25) is 0 Å². The molecule has 126 valence electrons. The monoisotopic (exact) mass is 332 g/mol. The zero-order chi connectivity index (χ0) is 16.1. The lowest BCUT2D eigenvalue weighted by molar-refractivity contribution is 0.171. The van der Waals surface area contributed by atoms with Gasteiger partial charge in [0.15, 0.2) is 0 Å². The normalized spacial score (nSPS) is 32.1. The topological polar surface area (TPSA) is 9.23 Å². The Hall–Kier alpha value is -0.950. The highest BCUT2D eigenvalue weighted by atomic mass is 35.5. The van der Waals surface area contributed by atoms with Crippen LogP contribution in [0.1, 0.15) is 62.8 Å². The maximum Gasteiger partial charge on any atom is 0.118 e. The average molecular weight is 333 g/mol. The first-order chi connectivity index (χ1) is 11.3. The molecule has 3 rings (SSSR count). The van der Waals surface area contributed by atoms with E-state index in [1.54, 1.807) is 12.6 Å². The molecule has 2 saturated carbocycles. The summed E-state index contributed by atoms with van der Waals surface area (Å²) in [6, 6.07) is 8.72. The molecule has 2 aliphatic carbocycles.